The van der Waals surface area contributed by atoms with E-state index in [-0.39, 0.29) is 0 Å². The Balaban J connectivity index is 3.09. The van der Waals surface area contributed by atoms with Crippen molar-refractivity contribution in [2.24, 2.45) is 0 Å². The number of allylic oxidation sites excluding steroid dienone is 3. The molecule has 0 saturated heterocycles. The molecule has 0 aliphatic rings. The second kappa shape index (κ2) is 5.90. The van der Waals surface area contributed by atoms with Crippen LogP contribution in [0, 0.1) is 0 Å². The molecule has 0 amide bonds. The van der Waals surface area contributed by atoms with Crippen LogP contribution in [0.15, 0.2) is 23.8 Å². The largest absolute Gasteiger partial charge is 0.0898 e. The van der Waals surface area contributed by atoms with E-state index in [4.69, 9.17) is 11.6 Å². The van der Waals surface area contributed by atoms with Crippen LogP contribution in [0.25, 0.3) is 0 Å². The van der Waals surface area contributed by atoms with E-state index >= 15 is 0 Å². The maximum atomic E-state index is 5.53. The fourth-order valence-corrected chi connectivity index (χ4v) is 0.634. The smallest absolute Gasteiger partial charge is 0.0112 e. The summed E-state index contributed by atoms with van der Waals surface area (Å²) in [5.74, 6) is 0. The fraction of sp³-hybridized carbons (Fsp3) is 0.500. The summed E-state index contributed by atoms with van der Waals surface area (Å²) in [6, 6.07) is 0. The third kappa shape index (κ3) is 7.77. The van der Waals surface area contributed by atoms with Crippen molar-refractivity contribution in [1.29, 1.82) is 0 Å². The molecule has 52 valence electrons. The zero-order valence-corrected chi connectivity index (χ0v) is 6.62. The van der Waals surface area contributed by atoms with Gasteiger partial charge >= 0.3 is 0 Å². The highest BCUT2D eigenvalue weighted by atomic mass is 35.5. The lowest BCUT2D eigenvalue weighted by Gasteiger charge is -1.88. The van der Waals surface area contributed by atoms with Crippen molar-refractivity contribution in [3.63, 3.8) is 0 Å². The van der Waals surface area contributed by atoms with Gasteiger partial charge in [0.15, 0.2) is 0 Å². The molecule has 0 nitrogen and oxygen atoms in total. The Labute approximate surface area is 62.2 Å². The molecule has 0 aromatic heterocycles. The zero-order valence-electron chi connectivity index (χ0n) is 5.86. The SMILES string of the molecule is C=C(Cl)CCC=CCC. The summed E-state index contributed by atoms with van der Waals surface area (Å²) in [7, 11) is 0. The van der Waals surface area contributed by atoms with Crippen molar-refractivity contribution in [2.45, 2.75) is 26.2 Å². The van der Waals surface area contributed by atoms with E-state index in [0.29, 0.717) is 0 Å². The normalized spacial score (nSPS) is 10.4. The van der Waals surface area contributed by atoms with Crippen LogP contribution < -0.4 is 0 Å². The quantitative estimate of drug-likeness (QED) is 0.530. The molecule has 1 heteroatoms. The van der Waals surface area contributed by atoms with Gasteiger partial charge in [0.25, 0.3) is 0 Å². The second-order valence-electron chi connectivity index (χ2n) is 1.94. The molecule has 0 radical (unpaired) electrons. The zero-order chi connectivity index (χ0) is 7.11. The Morgan fingerprint density at radius 2 is 2.22 bits per heavy atom. The van der Waals surface area contributed by atoms with Gasteiger partial charge in [-0.05, 0) is 19.3 Å². The summed E-state index contributed by atoms with van der Waals surface area (Å²) in [5.41, 5.74) is 0. The van der Waals surface area contributed by atoms with Gasteiger partial charge in [-0.3, -0.25) is 0 Å². The number of rotatable bonds is 4. The molecule has 0 spiro atoms. The summed E-state index contributed by atoms with van der Waals surface area (Å²) in [6.07, 6.45) is 7.30. The van der Waals surface area contributed by atoms with Crippen LogP contribution in [0.4, 0.5) is 0 Å². The van der Waals surface area contributed by atoms with Gasteiger partial charge in [0.05, 0.1) is 0 Å². The molecule has 0 saturated carbocycles. The van der Waals surface area contributed by atoms with Gasteiger partial charge in [0.2, 0.25) is 0 Å². The molecule has 0 unspecified atom stereocenters. The second-order valence-corrected chi connectivity index (χ2v) is 2.47. The van der Waals surface area contributed by atoms with E-state index in [9.17, 15) is 0 Å². The van der Waals surface area contributed by atoms with Gasteiger partial charge in [-0.2, -0.15) is 0 Å². The molecule has 0 aliphatic heterocycles. The van der Waals surface area contributed by atoms with E-state index < -0.39 is 0 Å². The van der Waals surface area contributed by atoms with Crippen molar-refractivity contribution in [3.8, 4) is 0 Å². The molecule has 0 bridgehead atoms. The molecule has 0 rings (SSSR count). The van der Waals surface area contributed by atoms with E-state index in [2.05, 4.69) is 25.7 Å². The molecular weight excluding hydrogens is 132 g/mol. The molecular formula is C8H13Cl. The predicted octanol–water partition coefficient (Wildman–Crippen LogP) is 3.49. The third-order valence-corrected chi connectivity index (χ3v) is 1.17. The maximum absolute atomic E-state index is 5.53. The minimum Gasteiger partial charge on any atom is -0.0898 e. The van der Waals surface area contributed by atoms with Crippen LogP contribution in [0.1, 0.15) is 26.2 Å². The Hall–Kier alpha value is -0.230. The Bertz CT molecular complexity index is 103. The van der Waals surface area contributed by atoms with E-state index in [1.165, 1.54) is 0 Å². The minimum absolute atomic E-state index is 0.746. The first kappa shape index (κ1) is 8.77. The van der Waals surface area contributed by atoms with Gasteiger partial charge in [0, 0.05) is 5.03 Å². The summed E-state index contributed by atoms with van der Waals surface area (Å²) in [5, 5.41) is 0.746. The summed E-state index contributed by atoms with van der Waals surface area (Å²) in [6.45, 7) is 5.70. The first-order chi connectivity index (χ1) is 4.27. The Kier molecular flexibility index (Phi) is 5.75. The average molecular weight is 145 g/mol. The standard InChI is InChI=1S/C8H13Cl/c1-3-4-5-6-7-8(2)9/h4-5H,2-3,6-7H2,1H3. The van der Waals surface area contributed by atoms with Gasteiger partial charge < -0.3 is 0 Å². The van der Waals surface area contributed by atoms with Crippen LogP contribution in [0.2, 0.25) is 0 Å². The molecule has 0 aliphatic carbocycles. The molecule has 0 aromatic carbocycles. The van der Waals surface area contributed by atoms with Crippen molar-refractivity contribution < 1.29 is 0 Å². The lowest BCUT2D eigenvalue weighted by molar-refractivity contribution is 1.02. The van der Waals surface area contributed by atoms with Gasteiger partial charge in [-0.25, -0.2) is 0 Å². The highest BCUT2D eigenvalue weighted by molar-refractivity contribution is 6.29. The summed E-state index contributed by atoms with van der Waals surface area (Å²) < 4.78 is 0. The third-order valence-electron chi connectivity index (χ3n) is 0.985. The summed E-state index contributed by atoms with van der Waals surface area (Å²) in [4.78, 5) is 0. The minimum atomic E-state index is 0.746. The number of hydrogen-bond acceptors (Lipinski definition) is 0. The molecule has 0 atom stereocenters. The van der Waals surface area contributed by atoms with Crippen LogP contribution in [-0.4, -0.2) is 0 Å². The summed E-state index contributed by atoms with van der Waals surface area (Å²) >= 11 is 5.53. The predicted molar refractivity (Wildman–Crippen MR) is 43.7 cm³/mol. The van der Waals surface area contributed by atoms with Gasteiger partial charge in [-0.1, -0.05) is 37.3 Å². The molecule has 0 fully saturated rings. The van der Waals surface area contributed by atoms with E-state index in [1.54, 1.807) is 0 Å². The Morgan fingerprint density at radius 1 is 1.56 bits per heavy atom. The molecule has 0 aromatic rings. The van der Waals surface area contributed by atoms with Crippen LogP contribution in [0.3, 0.4) is 0 Å². The van der Waals surface area contributed by atoms with E-state index in [0.717, 1.165) is 24.3 Å². The molecule has 9 heavy (non-hydrogen) atoms. The van der Waals surface area contributed by atoms with Gasteiger partial charge in [0.1, 0.15) is 0 Å². The van der Waals surface area contributed by atoms with Gasteiger partial charge in [-0.15, -0.1) is 0 Å². The first-order valence-electron chi connectivity index (χ1n) is 3.25. The van der Waals surface area contributed by atoms with Crippen molar-refractivity contribution in [3.05, 3.63) is 23.8 Å². The van der Waals surface area contributed by atoms with Crippen LogP contribution in [0.5, 0.6) is 0 Å². The average Bonchev–Trinajstić information content (AvgIpc) is 1.80. The maximum Gasteiger partial charge on any atom is 0.0112 e. The van der Waals surface area contributed by atoms with Crippen molar-refractivity contribution in [1.82, 2.24) is 0 Å². The molecule has 0 heterocycles. The number of hydrogen-bond donors (Lipinski definition) is 0. The molecule has 0 N–H and O–H groups in total. The number of halogens is 1. The monoisotopic (exact) mass is 144 g/mol. The highest BCUT2D eigenvalue weighted by Crippen LogP contribution is 2.06. The van der Waals surface area contributed by atoms with Crippen molar-refractivity contribution in [2.75, 3.05) is 0 Å². The van der Waals surface area contributed by atoms with Crippen LogP contribution in [-0.2, 0) is 0 Å². The van der Waals surface area contributed by atoms with E-state index in [1.807, 2.05) is 0 Å². The lowest BCUT2D eigenvalue weighted by Crippen LogP contribution is -1.67. The Morgan fingerprint density at radius 3 is 2.67 bits per heavy atom. The van der Waals surface area contributed by atoms with Crippen molar-refractivity contribution >= 4 is 11.6 Å². The fourth-order valence-electron chi connectivity index (χ4n) is 0.524. The lowest BCUT2D eigenvalue weighted by atomic mass is 10.3. The van der Waals surface area contributed by atoms with Crippen LogP contribution >= 0.6 is 11.6 Å². The topological polar surface area (TPSA) is 0 Å². The first-order valence-corrected chi connectivity index (χ1v) is 3.63. The highest BCUT2D eigenvalue weighted by Gasteiger charge is 1.82.